The molecule has 1 aromatic heterocycles. The first-order chi connectivity index (χ1) is 8.52. The van der Waals surface area contributed by atoms with Crippen molar-refractivity contribution in [2.24, 2.45) is 0 Å². The van der Waals surface area contributed by atoms with Crippen LogP contribution < -0.4 is 0 Å². The second kappa shape index (κ2) is 4.82. The molecule has 0 aliphatic heterocycles. The number of aldehydes is 1. The standard InChI is InChI=1S/C13H10ClFN2O/c1-7-5-9(3-4-11(7)15)12-10(6-18)13(14)17-8(2)16-12/h3-6H,1-2H3. The van der Waals surface area contributed by atoms with E-state index in [1.165, 1.54) is 6.07 Å². The van der Waals surface area contributed by atoms with Crippen LogP contribution in [0.1, 0.15) is 21.7 Å². The van der Waals surface area contributed by atoms with Gasteiger partial charge in [-0.2, -0.15) is 0 Å². The molecule has 0 unspecified atom stereocenters. The minimum absolute atomic E-state index is 0.106. The minimum atomic E-state index is -0.303. The SMILES string of the molecule is Cc1nc(Cl)c(C=O)c(-c2ccc(F)c(C)c2)n1. The highest BCUT2D eigenvalue weighted by molar-refractivity contribution is 6.32. The van der Waals surface area contributed by atoms with Gasteiger partial charge in [0.25, 0.3) is 0 Å². The van der Waals surface area contributed by atoms with E-state index in [-0.39, 0.29) is 16.5 Å². The maximum Gasteiger partial charge on any atom is 0.155 e. The number of hydrogen-bond acceptors (Lipinski definition) is 3. The zero-order chi connectivity index (χ0) is 13.3. The van der Waals surface area contributed by atoms with E-state index < -0.39 is 0 Å². The molecule has 0 radical (unpaired) electrons. The molecule has 3 nitrogen and oxygen atoms in total. The van der Waals surface area contributed by atoms with Crippen molar-refractivity contribution in [3.05, 3.63) is 46.1 Å². The first kappa shape index (κ1) is 12.6. The van der Waals surface area contributed by atoms with Crippen LogP contribution in [0.4, 0.5) is 4.39 Å². The monoisotopic (exact) mass is 264 g/mol. The van der Waals surface area contributed by atoms with Crippen LogP contribution >= 0.6 is 11.6 Å². The Bertz CT molecular complexity index is 629. The van der Waals surface area contributed by atoms with E-state index in [1.807, 2.05) is 0 Å². The fourth-order valence-electron chi connectivity index (χ4n) is 1.66. The zero-order valence-electron chi connectivity index (χ0n) is 9.87. The van der Waals surface area contributed by atoms with Crippen LogP contribution in [0.2, 0.25) is 5.15 Å². The highest BCUT2D eigenvalue weighted by Crippen LogP contribution is 2.26. The molecule has 0 spiro atoms. The molecule has 1 aromatic carbocycles. The molecule has 0 saturated heterocycles. The molecule has 0 aliphatic carbocycles. The third-order valence-corrected chi connectivity index (χ3v) is 2.85. The summed E-state index contributed by atoms with van der Waals surface area (Å²) in [6, 6.07) is 4.53. The van der Waals surface area contributed by atoms with Crippen LogP contribution in [-0.2, 0) is 0 Å². The molecule has 92 valence electrons. The third-order valence-electron chi connectivity index (χ3n) is 2.56. The molecular weight excluding hydrogens is 255 g/mol. The van der Waals surface area contributed by atoms with Crippen molar-refractivity contribution in [3.8, 4) is 11.3 Å². The molecule has 0 N–H and O–H groups in total. The Morgan fingerprint density at radius 1 is 1.28 bits per heavy atom. The third kappa shape index (κ3) is 2.24. The van der Waals surface area contributed by atoms with Gasteiger partial charge in [0.1, 0.15) is 16.8 Å². The lowest BCUT2D eigenvalue weighted by Gasteiger charge is -2.08. The fourth-order valence-corrected chi connectivity index (χ4v) is 1.92. The lowest BCUT2D eigenvalue weighted by molar-refractivity contribution is 0.112. The topological polar surface area (TPSA) is 42.9 Å². The van der Waals surface area contributed by atoms with Gasteiger partial charge in [-0.15, -0.1) is 0 Å². The Kier molecular flexibility index (Phi) is 3.39. The van der Waals surface area contributed by atoms with Crippen molar-refractivity contribution in [1.29, 1.82) is 0 Å². The first-order valence-electron chi connectivity index (χ1n) is 5.28. The summed E-state index contributed by atoms with van der Waals surface area (Å²) < 4.78 is 13.2. The minimum Gasteiger partial charge on any atom is -0.298 e. The van der Waals surface area contributed by atoms with Gasteiger partial charge in [0.05, 0.1) is 11.3 Å². The number of halogens is 2. The lowest BCUT2D eigenvalue weighted by Crippen LogP contribution is -1.99. The van der Waals surface area contributed by atoms with Crippen LogP contribution in [-0.4, -0.2) is 16.3 Å². The maximum atomic E-state index is 13.2. The average molecular weight is 265 g/mol. The van der Waals surface area contributed by atoms with Crippen molar-refractivity contribution < 1.29 is 9.18 Å². The summed E-state index contributed by atoms with van der Waals surface area (Å²) in [5.41, 5.74) is 1.76. The number of aromatic nitrogens is 2. The van der Waals surface area contributed by atoms with Gasteiger partial charge in [-0.05, 0) is 37.6 Å². The van der Waals surface area contributed by atoms with E-state index >= 15 is 0 Å². The Balaban J connectivity index is 2.69. The predicted octanol–water partition coefficient (Wildman–Crippen LogP) is 3.37. The molecule has 0 bridgehead atoms. The molecule has 0 aliphatic rings. The van der Waals surface area contributed by atoms with Gasteiger partial charge in [-0.25, -0.2) is 14.4 Å². The molecule has 5 heteroatoms. The number of carbonyl (C=O) groups is 1. The number of hydrogen-bond donors (Lipinski definition) is 0. The largest absolute Gasteiger partial charge is 0.298 e. The van der Waals surface area contributed by atoms with E-state index in [4.69, 9.17) is 11.6 Å². The molecule has 2 rings (SSSR count). The molecule has 0 saturated carbocycles. The van der Waals surface area contributed by atoms with E-state index in [1.54, 1.807) is 26.0 Å². The Morgan fingerprint density at radius 3 is 2.61 bits per heavy atom. The number of carbonyl (C=O) groups excluding carboxylic acids is 1. The van der Waals surface area contributed by atoms with Gasteiger partial charge in [-0.1, -0.05) is 11.6 Å². The van der Waals surface area contributed by atoms with Crippen LogP contribution in [0.5, 0.6) is 0 Å². The van der Waals surface area contributed by atoms with Crippen LogP contribution in [0, 0.1) is 19.7 Å². The van der Waals surface area contributed by atoms with Crippen LogP contribution in [0.15, 0.2) is 18.2 Å². The summed E-state index contributed by atoms with van der Waals surface area (Å²) in [7, 11) is 0. The fraction of sp³-hybridized carbons (Fsp3) is 0.154. The van der Waals surface area contributed by atoms with Gasteiger partial charge in [-0.3, -0.25) is 4.79 Å². The molecule has 18 heavy (non-hydrogen) atoms. The number of rotatable bonds is 2. The van der Waals surface area contributed by atoms with Gasteiger partial charge < -0.3 is 0 Å². The van der Waals surface area contributed by atoms with Crippen molar-refractivity contribution in [2.75, 3.05) is 0 Å². The highest BCUT2D eigenvalue weighted by Gasteiger charge is 2.13. The Morgan fingerprint density at radius 2 is 2.00 bits per heavy atom. The Hall–Kier alpha value is -1.81. The second-order valence-corrected chi connectivity index (χ2v) is 4.26. The van der Waals surface area contributed by atoms with Crippen LogP contribution in [0.3, 0.4) is 0 Å². The number of nitrogens with zero attached hydrogens (tertiary/aromatic N) is 2. The van der Waals surface area contributed by atoms with Gasteiger partial charge in [0.2, 0.25) is 0 Å². The zero-order valence-corrected chi connectivity index (χ0v) is 10.6. The second-order valence-electron chi connectivity index (χ2n) is 3.91. The highest BCUT2D eigenvalue weighted by atomic mass is 35.5. The summed E-state index contributed by atoms with van der Waals surface area (Å²) in [5, 5.41) is 0.106. The lowest BCUT2D eigenvalue weighted by atomic mass is 10.0. The van der Waals surface area contributed by atoms with Gasteiger partial charge in [0.15, 0.2) is 6.29 Å². The molecule has 0 fully saturated rings. The Labute approximate surface area is 109 Å². The summed E-state index contributed by atoms with van der Waals surface area (Å²) in [6.45, 7) is 3.33. The van der Waals surface area contributed by atoms with Crippen LogP contribution in [0.25, 0.3) is 11.3 Å². The average Bonchev–Trinajstić information content (AvgIpc) is 2.32. The summed E-state index contributed by atoms with van der Waals surface area (Å²) in [6.07, 6.45) is 0.607. The van der Waals surface area contributed by atoms with E-state index in [2.05, 4.69) is 9.97 Å². The van der Waals surface area contributed by atoms with Crippen molar-refractivity contribution in [2.45, 2.75) is 13.8 Å². The van der Waals surface area contributed by atoms with Gasteiger partial charge in [0, 0.05) is 5.56 Å². The van der Waals surface area contributed by atoms with Crippen molar-refractivity contribution in [3.63, 3.8) is 0 Å². The smallest absolute Gasteiger partial charge is 0.155 e. The van der Waals surface area contributed by atoms with E-state index in [9.17, 15) is 9.18 Å². The molecule has 1 heterocycles. The molecule has 0 amide bonds. The molecule has 0 atom stereocenters. The van der Waals surface area contributed by atoms with Gasteiger partial charge >= 0.3 is 0 Å². The quantitative estimate of drug-likeness (QED) is 0.617. The normalized spacial score (nSPS) is 10.4. The number of aryl methyl sites for hydroxylation is 2. The summed E-state index contributed by atoms with van der Waals surface area (Å²) >= 11 is 5.90. The first-order valence-corrected chi connectivity index (χ1v) is 5.66. The molecule has 2 aromatic rings. The summed E-state index contributed by atoms with van der Waals surface area (Å²) in [5.74, 6) is 0.158. The van der Waals surface area contributed by atoms with Crippen molar-refractivity contribution in [1.82, 2.24) is 9.97 Å². The molecular formula is C13H10ClFN2O. The maximum absolute atomic E-state index is 13.2. The predicted molar refractivity (Wildman–Crippen MR) is 67.3 cm³/mol. The van der Waals surface area contributed by atoms with E-state index in [0.29, 0.717) is 28.9 Å². The summed E-state index contributed by atoms with van der Waals surface area (Å²) in [4.78, 5) is 19.2. The van der Waals surface area contributed by atoms with Crippen molar-refractivity contribution >= 4 is 17.9 Å². The number of benzene rings is 1. The van der Waals surface area contributed by atoms with E-state index in [0.717, 1.165) is 0 Å².